The number of benzene rings is 7. The molecule has 0 bridgehead atoms. The second-order valence-electron chi connectivity index (χ2n) is 22.4. The van der Waals surface area contributed by atoms with E-state index in [4.69, 9.17) is 150 Å². The van der Waals surface area contributed by atoms with E-state index in [1.807, 2.05) is 0 Å². The lowest BCUT2D eigenvalue weighted by atomic mass is 9.94. The monoisotopic (exact) mass is 1530 g/mol. The first-order valence-electron chi connectivity index (χ1n) is 30.2. The van der Waals surface area contributed by atoms with Gasteiger partial charge in [0.1, 0.15) is 62.0 Å². The summed E-state index contributed by atoms with van der Waals surface area (Å²) in [6.45, 7) is -3.19. The molecule has 3 heterocycles. The maximum Gasteiger partial charge on any atom is 0.338 e. The highest BCUT2D eigenvalue weighted by atomic mass is 35.6. The minimum Gasteiger partial charge on any atom is -0.459 e. The van der Waals surface area contributed by atoms with E-state index in [1.165, 1.54) is 146 Å². The molecule has 0 spiro atoms. The largest absolute Gasteiger partial charge is 0.459 e. The van der Waals surface area contributed by atoms with Crippen LogP contribution in [0.4, 0.5) is 0 Å². The molecule has 31 heteroatoms. The molecule has 10 rings (SSSR count). The number of rotatable bonds is 23. The third-order valence-electron chi connectivity index (χ3n) is 15.6. The number of nitrogens with one attached hydrogen (secondary N) is 1. The topological polar surface area (TPSA) is 303 Å². The van der Waals surface area contributed by atoms with Crippen LogP contribution in [0.25, 0.3) is 0 Å². The van der Waals surface area contributed by atoms with Gasteiger partial charge < -0.3 is 77.5 Å². The molecular weight excluding hydrogens is 1480 g/mol. The predicted octanol–water partition coefficient (Wildman–Crippen LogP) is 10.6. The molecule has 4 N–H and O–H groups in total. The Morgan fingerprint density at radius 1 is 0.390 bits per heavy atom. The number of ether oxygens (including phenoxy) is 12. The van der Waals surface area contributed by atoms with Crippen molar-refractivity contribution >= 4 is 135 Å². The van der Waals surface area contributed by atoms with Crippen LogP contribution in [-0.2, 0) is 68.2 Å². The fourth-order valence-electron chi connectivity index (χ4n) is 10.5. The van der Waals surface area contributed by atoms with E-state index in [0.717, 1.165) is 0 Å². The Morgan fingerprint density at radius 3 is 1.17 bits per heavy atom. The van der Waals surface area contributed by atoms with E-state index in [2.05, 4.69) is 5.32 Å². The fourth-order valence-corrected chi connectivity index (χ4v) is 11.3. The lowest BCUT2D eigenvalue weighted by Crippen LogP contribution is -2.70. The van der Waals surface area contributed by atoms with E-state index in [9.17, 15) is 44.1 Å². The summed E-state index contributed by atoms with van der Waals surface area (Å²) in [4.78, 5) is 102. The summed E-state index contributed by atoms with van der Waals surface area (Å²) in [5.41, 5.74) is -0.134. The highest BCUT2D eigenvalue weighted by Gasteiger charge is 2.60. The van der Waals surface area contributed by atoms with E-state index >= 15 is 4.79 Å². The Hall–Kier alpha value is -7.21. The number of esters is 6. The van der Waals surface area contributed by atoms with Crippen LogP contribution in [-0.4, -0.2) is 173 Å². The molecule has 15 atom stereocenters. The average Bonchev–Trinajstić information content (AvgIpc) is 0.759. The molecule has 7 aromatic carbocycles. The first kappa shape index (κ1) is 75.5. The number of aliphatic hydroxyl groups is 3. The predicted molar refractivity (Wildman–Crippen MR) is 359 cm³/mol. The lowest BCUT2D eigenvalue weighted by molar-refractivity contribution is -0.373. The minimum atomic E-state index is -2.79. The number of carbonyl (C=O) groups is 7. The fraction of sp³-hybridized carbons (Fsp3) is 0.290. The third kappa shape index (κ3) is 19.5. The van der Waals surface area contributed by atoms with Crippen LogP contribution >= 0.6 is 92.8 Å². The Labute approximate surface area is 609 Å². The Bertz CT molecular complexity index is 3960. The van der Waals surface area contributed by atoms with Gasteiger partial charge in [-0.1, -0.05) is 141 Å². The number of amides is 1. The van der Waals surface area contributed by atoms with Gasteiger partial charge in [-0.15, -0.1) is 0 Å². The van der Waals surface area contributed by atoms with Gasteiger partial charge in [0.15, 0.2) is 43.3 Å². The SMILES string of the molecule is O=C(OC[C@H]1O[C@@H](O[C@H]2[C@H](OC(=O)c3ccc(Cl)cc3)[C@@H](OC(=O)c3ccc(Cl)cc3)[C@H](OCc3ccccc3)O[C@@H]2COC(=O)c2ccc(Cl)cc2)[C@H](OC(=O)c2ccc(Cl)cc2)[C@@H](O[C@@H]2O[C@H](CO)[C@@H](O)[C@H](O)[C@H]2NC(=O)C(Cl)(Cl)Cl)[C@H]1OC(=O)c1ccccc1)c1ccc(Cl)cc1. The smallest absolute Gasteiger partial charge is 0.338 e. The number of hydrogen-bond acceptors (Lipinski definition) is 22. The summed E-state index contributed by atoms with van der Waals surface area (Å²) in [6, 6.07) is 40.8. The molecule has 3 saturated heterocycles. The van der Waals surface area contributed by atoms with Crippen molar-refractivity contribution in [1.82, 2.24) is 5.32 Å². The first-order chi connectivity index (χ1) is 47.9. The standard InChI is InChI=1S/C69H57Cl8NO22/c70-42-21-11-37(12-22-42)59(82)89-33-48-53(95-61(84)36-9-5-2-6-10-36)56(100-65-50(78-68(88)69(75,76)77)52(81)51(80)47(31-79)92-65)58(98-64(87)41-19-29-46(74)30-20-41)67(94-48)99-54-49(34-90-60(83)38-13-23-43(71)24-14-38)93-66(91-32-35-7-3-1-4-8-35)57(97-63(86)40-17-27-45(73)28-18-40)55(54)96-62(85)39-15-25-44(72)26-16-39/h1-30,47-58,65-67,79-81H,31-34H2,(H,78,88)/t47-,48-,49-,50-,51-,52-,53+,54-,55+,56+,57-,58-,65+,66-,67+/m1/s1. The zero-order valence-corrected chi connectivity index (χ0v) is 57.5. The summed E-state index contributed by atoms with van der Waals surface area (Å²) in [5, 5.41) is 37.2. The number of halogens is 8. The quantitative estimate of drug-likeness (QED) is 0.0263. The van der Waals surface area contributed by atoms with Crippen molar-refractivity contribution in [2.24, 2.45) is 0 Å². The van der Waals surface area contributed by atoms with Crippen molar-refractivity contribution in [2.75, 3.05) is 19.8 Å². The highest BCUT2D eigenvalue weighted by Crippen LogP contribution is 2.40. The minimum absolute atomic E-state index is 0.0266. The molecule has 23 nitrogen and oxygen atoms in total. The molecule has 0 aromatic heterocycles. The molecular formula is C69H57Cl8NO22. The molecule has 7 aromatic rings. The Balaban J connectivity index is 1.19. The number of alkyl halides is 3. The van der Waals surface area contributed by atoms with Crippen LogP contribution in [0.5, 0.6) is 0 Å². The molecule has 100 heavy (non-hydrogen) atoms. The van der Waals surface area contributed by atoms with Crippen molar-refractivity contribution < 1.29 is 106 Å². The normalized spacial score (nSPS) is 25.1. The number of hydrogen-bond donors (Lipinski definition) is 4. The Morgan fingerprint density at radius 2 is 0.740 bits per heavy atom. The molecule has 0 radical (unpaired) electrons. The van der Waals surface area contributed by atoms with E-state index in [1.54, 1.807) is 36.4 Å². The lowest BCUT2D eigenvalue weighted by Gasteiger charge is -2.50. The van der Waals surface area contributed by atoms with Crippen LogP contribution in [0, 0.1) is 0 Å². The summed E-state index contributed by atoms with van der Waals surface area (Å²) >= 11 is 49.4. The van der Waals surface area contributed by atoms with Gasteiger partial charge in [0.05, 0.1) is 46.6 Å². The van der Waals surface area contributed by atoms with Gasteiger partial charge in [0, 0.05) is 25.1 Å². The van der Waals surface area contributed by atoms with Crippen molar-refractivity contribution in [3.63, 3.8) is 0 Å². The molecule has 3 aliphatic rings. The zero-order chi connectivity index (χ0) is 71.4. The molecule has 3 aliphatic heterocycles. The van der Waals surface area contributed by atoms with Crippen LogP contribution in [0.15, 0.2) is 182 Å². The van der Waals surface area contributed by atoms with E-state index < -0.39 is 157 Å². The van der Waals surface area contributed by atoms with Crippen LogP contribution in [0.2, 0.25) is 25.1 Å². The molecule has 0 saturated carbocycles. The molecule has 0 unspecified atom stereocenters. The van der Waals surface area contributed by atoms with Crippen LogP contribution in [0.3, 0.4) is 0 Å². The Kier molecular flexibility index (Phi) is 26.1. The second-order valence-corrected chi connectivity index (χ2v) is 26.8. The summed E-state index contributed by atoms with van der Waals surface area (Å²) in [7, 11) is 0. The first-order valence-corrected chi connectivity index (χ1v) is 33.2. The van der Waals surface area contributed by atoms with Gasteiger partial charge in [0.25, 0.3) is 9.70 Å². The molecule has 3 fully saturated rings. The van der Waals surface area contributed by atoms with Crippen LogP contribution in [0.1, 0.15) is 67.7 Å². The van der Waals surface area contributed by atoms with E-state index in [0.29, 0.717) is 5.56 Å². The molecule has 526 valence electrons. The van der Waals surface area contributed by atoms with Crippen molar-refractivity contribution in [2.45, 2.75) is 102 Å². The van der Waals surface area contributed by atoms with Crippen molar-refractivity contribution in [1.29, 1.82) is 0 Å². The van der Waals surface area contributed by atoms with Gasteiger partial charge in [-0.2, -0.15) is 0 Å². The summed E-state index contributed by atoms with van der Waals surface area (Å²) in [6.07, 6.45) is -29.0. The third-order valence-corrected chi connectivity index (χ3v) is 17.4. The van der Waals surface area contributed by atoms with Crippen LogP contribution < -0.4 is 5.32 Å². The highest BCUT2D eigenvalue weighted by molar-refractivity contribution is 6.76. The molecule has 1 amide bonds. The average molecular weight is 1540 g/mol. The van der Waals surface area contributed by atoms with Gasteiger partial charge in [-0.25, -0.2) is 28.8 Å². The maximum absolute atomic E-state index is 15.1. The number of carbonyl (C=O) groups excluding carboxylic acids is 7. The van der Waals surface area contributed by atoms with Gasteiger partial charge in [-0.3, -0.25) is 4.79 Å². The second kappa shape index (κ2) is 34.6. The summed E-state index contributed by atoms with van der Waals surface area (Å²) in [5.74, 6) is -8.05. The summed E-state index contributed by atoms with van der Waals surface area (Å²) < 4.78 is 74.7. The van der Waals surface area contributed by atoms with Crippen molar-refractivity contribution in [3.05, 3.63) is 246 Å². The van der Waals surface area contributed by atoms with Gasteiger partial charge in [0.2, 0.25) is 0 Å². The number of aliphatic hydroxyl groups excluding tert-OH is 3. The van der Waals surface area contributed by atoms with Gasteiger partial charge >= 0.3 is 35.8 Å². The van der Waals surface area contributed by atoms with Crippen molar-refractivity contribution in [3.8, 4) is 0 Å². The zero-order valence-electron chi connectivity index (χ0n) is 51.4. The van der Waals surface area contributed by atoms with Gasteiger partial charge in [-0.05, 0) is 139 Å². The molecule has 0 aliphatic carbocycles. The maximum atomic E-state index is 15.1. The van der Waals surface area contributed by atoms with E-state index in [-0.39, 0.29) is 65.1 Å².